The number of anilines is 3. The molecule has 1 aromatic rings. The van der Waals surface area contributed by atoms with Crippen LogP contribution in [0.3, 0.4) is 0 Å². The lowest BCUT2D eigenvalue weighted by Gasteiger charge is -2.23. The first kappa shape index (κ1) is 14.4. The Hall–Kier alpha value is -1.63. The Morgan fingerprint density at radius 3 is 1.39 bits per heavy atom. The van der Waals surface area contributed by atoms with Crippen molar-refractivity contribution in [3.8, 4) is 0 Å². The molecule has 0 bridgehead atoms. The highest BCUT2D eigenvalue weighted by Crippen LogP contribution is 2.15. The highest BCUT2D eigenvalue weighted by Gasteiger charge is 2.13. The van der Waals surface area contributed by atoms with Crippen molar-refractivity contribution in [2.75, 3.05) is 70.7 Å². The van der Waals surface area contributed by atoms with E-state index in [4.69, 9.17) is 0 Å². The van der Waals surface area contributed by atoms with Gasteiger partial charge in [-0.25, -0.2) is 0 Å². The van der Waals surface area contributed by atoms with Crippen LogP contribution < -0.4 is 14.7 Å². The molecule has 0 amide bonds. The Morgan fingerprint density at radius 1 is 0.667 bits per heavy atom. The molecule has 0 aromatic carbocycles. The predicted octanol–water partition coefficient (Wildman–Crippen LogP) is -0.0411. The molecule has 102 valence electrons. The van der Waals surface area contributed by atoms with Gasteiger partial charge in [0, 0.05) is 35.2 Å². The van der Waals surface area contributed by atoms with Crippen molar-refractivity contribution >= 4 is 17.8 Å². The molecule has 1 rings (SSSR count). The van der Waals surface area contributed by atoms with Gasteiger partial charge >= 0.3 is 0 Å². The summed E-state index contributed by atoms with van der Waals surface area (Å²) in [7, 11) is 13.7. The second-order valence-corrected chi connectivity index (χ2v) is 4.94. The molecule has 1 heterocycles. The van der Waals surface area contributed by atoms with Gasteiger partial charge in [0.1, 0.15) is 0 Å². The summed E-state index contributed by atoms with van der Waals surface area (Å²) in [6.07, 6.45) is 0. The maximum atomic E-state index is 4.44. The summed E-state index contributed by atoms with van der Waals surface area (Å²) in [6.45, 7) is 0.754. The fourth-order valence-electron chi connectivity index (χ4n) is 1.40. The number of hydrogen-bond donors (Lipinski definition) is 0. The third-order valence-corrected chi connectivity index (χ3v) is 2.24. The van der Waals surface area contributed by atoms with Crippen LogP contribution in [-0.4, -0.2) is 75.9 Å². The van der Waals surface area contributed by atoms with Gasteiger partial charge in [-0.2, -0.15) is 15.0 Å². The average Bonchev–Trinajstić information content (AvgIpc) is 2.27. The van der Waals surface area contributed by atoms with Crippen LogP contribution in [0.25, 0.3) is 0 Å². The number of nitrogens with zero attached hydrogens (tertiary/aromatic N) is 7. The molecule has 0 atom stereocenters. The van der Waals surface area contributed by atoms with E-state index >= 15 is 0 Å². The molecule has 1 aromatic heterocycles. The third kappa shape index (κ3) is 3.69. The largest absolute Gasteiger partial charge is 0.347 e. The van der Waals surface area contributed by atoms with Crippen LogP contribution in [0.1, 0.15) is 0 Å². The Morgan fingerprint density at radius 2 is 1.06 bits per heavy atom. The van der Waals surface area contributed by atoms with Gasteiger partial charge in [-0.3, -0.25) is 4.90 Å². The molecule has 0 radical (unpaired) electrons. The van der Waals surface area contributed by atoms with Crippen LogP contribution in [0.4, 0.5) is 17.8 Å². The molecule has 0 saturated carbocycles. The number of hydrogen-bond acceptors (Lipinski definition) is 7. The lowest BCUT2D eigenvalue weighted by Crippen LogP contribution is -2.32. The standard InChI is InChI=1S/C11H23N7/c1-15(2)8-18(7)11-13-9(16(3)4)12-10(14-11)17(5)6/h8H2,1-7H3. The lowest BCUT2D eigenvalue weighted by atomic mass is 10.6. The summed E-state index contributed by atoms with van der Waals surface area (Å²) in [5.41, 5.74) is 0. The lowest BCUT2D eigenvalue weighted by molar-refractivity contribution is 0.409. The summed E-state index contributed by atoms with van der Waals surface area (Å²) < 4.78 is 0. The summed E-state index contributed by atoms with van der Waals surface area (Å²) in [5.74, 6) is 2.00. The fourth-order valence-corrected chi connectivity index (χ4v) is 1.40. The minimum absolute atomic E-state index is 0.661. The second-order valence-electron chi connectivity index (χ2n) is 4.94. The van der Waals surface area contributed by atoms with Crippen LogP contribution in [0.15, 0.2) is 0 Å². The van der Waals surface area contributed by atoms with Crippen molar-refractivity contribution in [3.63, 3.8) is 0 Å². The van der Waals surface area contributed by atoms with Crippen molar-refractivity contribution < 1.29 is 0 Å². The maximum absolute atomic E-state index is 4.44. The van der Waals surface area contributed by atoms with E-state index < -0.39 is 0 Å². The molecule has 0 spiro atoms. The summed E-state index contributed by atoms with van der Waals surface area (Å²) in [5, 5.41) is 0. The van der Waals surface area contributed by atoms with E-state index in [0.717, 1.165) is 6.67 Å². The maximum Gasteiger partial charge on any atom is 0.232 e. The highest BCUT2D eigenvalue weighted by atomic mass is 15.4. The smallest absolute Gasteiger partial charge is 0.232 e. The van der Waals surface area contributed by atoms with Gasteiger partial charge in [0.2, 0.25) is 17.8 Å². The average molecular weight is 253 g/mol. The van der Waals surface area contributed by atoms with Gasteiger partial charge in [-0.1, -0.05) is 0 Å². The SMILES string of the molecule is CN(C)CN(C)c1nc(N(C)C)nc(N(C)C)n1. The summed E-state index contributed by atoms with van der Waals surface area (Å²) in [4.78, 5) is 21.1. The Kier molecular flexibility index (Phi) is 4.66. The zero-order valence-corrected chi connectivity index (χ0v) is 12.3. The van der Waals surface area contributed by atoms with Crippen molar-refractivity contribution in [3.05, 3.63) is 0 Å². The van der Waals surface area contributed by atoms with E-state index in [1.54, 1.807) is 0 Å². The van der Waals surface area contributed by atoms with Gasteiger partial charge in [-0.05, 0) is 14.1 Å². The molecule has 7 heteroatoms. The number of aromatic nitrogens is 3. The van der Waals surface area contributed by atoms with Crippen molar-refractivity contribution in [2.24, 2.45) is 0 Å². The molecular weight excluding hydrogens is 230 g/mol. The second kappa shape index (κ2) is 5.81. The first-order chi connectivity index (χ1) is 8.31. The van der Waals surface area contributed by atoms with Crippen molar-refractivity contribution in [2.45, 2.75) is 0 Å². The third-order valence-electron chi connectivity index (χ3n) is 2.24. The molecule has 0 aliphatic carbocycles. The molecule has 0 N–H and O–H groups in total. The normalized spacial score (nSPS) is 10.7. The van der Waals surface area contributed by atoms with Gasteiger partial charge in [0.15, 0.2) is 0 Å². The summed E-state index contributed by atoms with van der Waals surface area (Å²) in [6, 6.07) is 0. The Labute approximate surface area is 109 Å². The Balaban J connectivity index is 3.10. The molecule has 0 aliphatic heterocycles. The number of rotatable bonds is 5. The van der Waals surface area contributed by atoms with E-state index in [-0.39, 0.29) is 0 Å². The predicted molar refractivity (Wildman–Crippen MR) is 75.4 cm³/mol. The molecule has 0 fully saturated rings. The van der Waals surface area contributed by atoms with Gasteiger partial charge < -0.3 is 14.7 Å². The minimum atomic E-state index is 0.661. The van der Waals surface area contributed by atoms with Gasteiger partial charge in [0.05, 0.1) is 6.67 Å². The molecule has 0 unspecified atom stereocenters. The first-order valence-corrected chi connectivity index (χ1v) is 5.78. The highest BCUT2D eigenvalue weighted by molar-refractivity contribution is 5.44. The van der Waals surface area contributed by atoms with Crippen LogP contribution in [0.2, 0.25) is 0 Å². The van der Waals surface area contributed by atoms with Crippen molar-refractivity contribution in [1.82, 2.24) is 19.9 Å². The zero-order valence-electron chi connectivity index (χ0n) is 12.3. The fraction of sp³-hybridized carbons (Fsp3) is 0.727. The van der Waals surface area contributed by atoms with Crippen molar-refractivity contribution in [1.29, 1.82) is 0 Å². The molecular formula is C11H23N7. The van der Waals surface area contributed by atoms with Gasteiger partial charge in [-0.15, -0.1) is 0 Å². The van der Waals surface area contributed by atoms with E-state index in [1.807, 2.05) is 64.0 Å². The molecule has 0 saturated heterocycles. The van der Waals surface area contributed by atoms with E-state index in [2.05, 4.69) is 19.9 Å². The van der Waals surface area contributed by atoms with Crippen LogP contribution in [-0.2, 0) is 0 Å². The monoisotopic (exact) mass is 253 g/mol. The summed E-state index contributed by atoms with van der Waals surface area (Å²) >= 11 is 0. The van der Waals surface area contributed by atoms with Gasteiger partial charge in [0.25, 0.3) is 0 Å². The first-order valence-electron chi connectivity index (χ1n) is 5.78. The quantitative estimate of drug-likeness (QED) is 0.682. The van der Waals surface area contributed by atoms with E-state index in [9.17, 15) is 0 Å². The molecule has 7 nitrogen and oxygen atoms in total. The van der Waals surface area contributed by atoms with Crippen LogP contribution in [0.5, 0.6) is 0 Å². The van der Waals surface area contributed by atoms with E-state index in [0.29, 0.717) is 17.8 Å². The topological polar surface area (TPSA) is 51.6 Å². The van der Waals surface area contributed by atoms with Crippen LogP contribution in [0, 0.1) is 0 Å². The van der Waals surface area contributed by atoms with Crippen LogP contribution >= 0.6 is 0 Å². The molecule has 18 heavy (non-hydrogen) atoms. The molecule has 0 aliphatic rings. The minimum Gasteiger partial charge on any atom is -0.347 e. The Bertz CT molecular complexity index is 363. The van der Waals surface area contributed by atoms with E-state index in [1.165, 1.54) is 0 Å². The zero-order chi connectivity index (χ0) is 13.9.